The smallest absolute Gasteiger partial charge is 0.348 e. The van der Waals surface area contributed by atoms with Crippen molar-refractivity contribution in [2.24, 2.45) is 10.2 Å². The lowest BCUT2D eigenvalue weighted by molar-refractivity contribution is 0.0606. The molecular weight excluding hydrogens is 328 g/mol. The van der Waals surface area contributed by atoms with Gasteiger partial charge in [0.25, 0.3) is 0 Å². The molecular formula is C15H12N6O2S. The summed E-state index contributed by atoms with van der Waals surface area (Å²) in [6.45, 7) is 0. The molecule has 0 radical (unpaired) electrons. The SMILES string of the molecule is COC(=O)c1cc2c(NC3=CCC4=NN=CC4=C3)nc(N)nc2s1. The first-order valence-electron chi connectivity index (χ1n) is 7.08. The van der Waals surface area contributed by atoms with Crippen LogP contribution in [0.2, 0.25) is 0 Å². The highest BCUT2D eigenvalue weighted by atomic mass is 32.1. The highest BCUT2D eigenvalue weighted by Gasteiger charge is 2.18. The van der Waals surface area contributed by atoms with Gasteiger partial charge in [-0.2, -0.15) is 15.2 Å². The molecule has 1 aliphatic heterocycles. The van der Waals surface area contributed by atoms with Crippen LogP contribution in [0, 0.1) is 0 Å². The minimum absolute atomic E-state index is 0.136. The van der Waals surface area contributed by atoms with Gasteiger partial charge in [-0.1, -0.05) is 6.08 Å². The van der Waals surface area contributed by atoms with Gasteiger partial charge in [0.2, 0.25) is 5.95 Å². The second-order valence-electron chi connectivity index (χ2n) is 5.13. The Morgan fingerprint density at radius 2 is 2.29 bits per heavy atom. The van der Waals surface area contributed by atoms with Crippen molar-refractivity contribution < 1.29 is 9.53 Å². The molecule has 2 aromatic heterocycles. The van der Waals surface area contributed by atoms with Gasteiger partial charge >= 0.3 is 5.97 Å². The van der Waals surface area contributed by atoms with Crippen LogP contribution >= 0.6 is 11.3 Å². The second-order valence-corrected chi connectivity index (χ2v) is 6.16. The number of nitrogens with one attached hydrogen (secondary N) is 1. The number of rotatable bonds is 3. The monoisotopic (exact) mass is 340 g/mol. The van der Waals surface area contributed by atoms with E-state index in [4.69, 9.17) is 10.5 Å². The minimum Gasteiger partial charge on any atom is -0.465 e. The average molecular weight is 340 g/mol. The predicted molar refractivity (Wildman–Crippen MR) is 93.5 cm³/mol. The van der Waals surface area contributed by atoms with Crippen LogP contribution < -0.4 is 11.1 Å². The van der Waals surface area contributed by atoms with Crippen molar-refractivity contribution in [1.82, 2.24) is 9.97 Å². The van der Waals surface area contributed by atoms with Crippen molar-refractivity contribution in [2.75, 3.05) is 18.2 Å². The number of carbonyl (C=O) groups is 1. The largest absolute Gasteiger partial charge is 0.465 e. The molecule has 0 fully saturated rings. The van der Waals surface area contributed by atoms with Gasteiger partial charge in [0, 0.05) is 17.7 Å². The van der Waals surface area contributed by atoms with E-state index < -0.39 is 5.97 Å². The maximum Gasteiger partial charge on any atom is 0.348 e. The van der Waals surface area contributed by atoms with Crippen LogP contribution in [0.5, 0.6) is 0 Å². The molecule has 120 valence electrons. The number of esters is 1. The highest BCUT2D eigenvalue weighted by molar-refractivity contribution is 7.20. The fourth-order valence-corrected chi connectivity index (χ4v) is 3.42. The zero-order valence-electron chi connectivity index (χ0n) is 12.6. The molecule has 4 rings (SSSR count). The summed E-state index contributed by atoms with van der Waals surface area (Å²) in [6.07, 6.45) is 6.34. The van der Waals surface area contributed by atoms with E-state index in [1.54, 1.807) is 12.3 Å². The Kier molecular flexibility index (Phi) is 3.35. The van der Waals surface area contributed by atoms with E-state index in [1.165, 1.54) is 18.4 Å². The fraction of sp³-hybridized carbons (Fsp3) is 0.133. The number of methoxy groups -OCH3 is 1. The second kappa shape index (κ2) is 5.53. The molecule has 0 saturated heterocycles. The van der Waals surface area contributed by atoms with E-state index in [0.717, 1.165) is 17.0 Å². The lowest BCUT2D eigenvalue weighted by Crippen LogP contribution is -2.10. The van der Waals surface area contributed by atoms with Crippen molar-refractivity contribution in [1.29, 1.82) is 0 Å². The van der Waals surface area contributed by atoms with E-state index in [0.29, 0.717) is 27.3 Å². The summed E-state index contributed by atoms with van der Waals surface area (Å²) in [5, 5.41) is 11.9. The average Bonchev–Trinajstić information content (AvgIpc) is 3.20. The van der Waals surface area contributed by atoms with Crippen LogP contribution in [-0.4, -0.2) is 35.0 Å². The van der Waals surface area contributed by atoms with Crippen molar-refractivity contribution in [3.8, 4) is 0 Å². The molecule has 24 heavy (non-hydrogen) atoms. The number of carbonyl (C=O) groups excluding carboxylic acids is 1. The standard InChI is InChI=1S/C15H12N6O2S/c1-23-14(22)11-5-9-12(19-15(16)20-13(9)24-11)18-8-2-3-10-7(4-8)6-17-21-10/h2,4-6H,3H2,1H3,(H3,16,18,19,20). The van der Waals surface area contributed by atoms with Crippen LogP contribution in [0.4, 0.5) is 11.8 Å². The van der Waals surface area contributed by atoms with E-state index in [1.807, 2.05) is 12.2 Å². The van der Waals surface area contributed by atoms with Gasteiger partial charge in [-0.3, -0.25) is 0 Å². The summed E-state index contributed by atoms with van der Waals surface area (Å²) in [5.74, 6) is 0.267. The molecule has 0 bridgehead atoms. The molecule has 2 aliphatic rings. The fourth-order valence-electron chi connectivity index (χ4n) is 2.46. The first kappa shape index (κ1) is 14.5. The number of anilines is 2. The van der Waals surface area contributed by atoms with Gasteiger partial charge in [0.05, 0.1) is 24.4 Å². The van der Waals surface area contributed by atoms with Crippen LogP contribution in [0.25, 0.3) is 10.2 Å². The normalized spacial score (nSPS) is 15.6. The first-order chi connectivity index (χ1) is 11.6. The van der Waals surface area contributed by atoms with Gasteiger partial charge in [-0.15, -0.1) is 11.3 Å². The van der Waals surface area contributed by atoms with E-state index in [9.17, 15) is 4.79 Å². The number of ether oxygens (including phenoxy) is 1. The summed E-state index contributed by atoms with van der Waals surface area (Å²) in [7, 11) is 1.34. The molecule has 0 spiro atoms. The number of thiophene rings is 1. The van der Waals surface area contributed by atoms with Gasteiger partial charge in [0.15, 0.2) is 0 Å². The number of hydrogen-bond acceptors (Lipinski definition) is 9. The Bertz CT molecular complexity index is 985. The Labute approximate surface area is 140 Å². The van der Waals surface area contributed by atoms with Crippen molar-refractivity contribution in [2.45, 2.75) is 6.42 Å². The van der Waals surface area contributed by atoms with Crippen molar-refractivity contribution >= 4 is 51.2 Å². The number of hydrogen-bond donors (Lipinski definition) is 2. The number of aromatic nitrogens is 2. The topological polar surface area (TPSA) is 115 Å². The Morgan fingerprint density at radius 3 is 3.12 bits per heavy atom. The number of allylic oxidation sites excluding steroid dienone is 3. The van der Waals surface area contributed by atoms with Gasteiger partial charge in [-0.25, -0.2) is 9.78 Å². The number of fused-ring (bicyclic) bond motifs is 2. The Hall–Kier alpha value is -3.07. The molecule has 1 aliphatic carbocycles. The Balaban J connectivity index is 1.72. The summed E-state index contributed by atoms with van der Waals surface area (Å²) >= 11 is 1.21. The lowest BCUT2D eigenvalue weighted by atomic mass is 10.0. The zero-order valence-corrected chi connectivity index (χ0v) is 13.4. The molecule has 8 nitrogen and oxygen atoms in total. The Morgan fingerprint density at radius 1 is 1.42 bits per heavy atom. The predicted octanol–water partition coefficient (Wildman–Crippen LogP) is 2.13. The molecule has 3 N–H and O–H groups in total. The van der Waals surface area contributed by atoms with Gasteiger partial charge in [-0.05, 0) is 12.1 Å². The van der Waals surface area contributed by atoms with Gasteiger partial charge in [0.1, 0.15) is 15.5 Å². The highest BCUT2D eigenvalue weighted by Crippen LogP contribution is 2.31. The molecule has 9 heteroatoms. The molecule has 3 heterocycles. The van der Waals surface area contributed by atoms with Crippen LogP contribution in [-0.2, 0) is 4.74 Å². The number of nitrogens with zero attached hydrogens (tertiary/aromatic N) is 4. The van der Waals surface area contributed by atoms with Crippen molar-refractivity contribution in [3.63, 3.8) is 0 Å². The minimum atomic E-state index is -0.412. The van der Waals surface area contributed by atoms with Crippen LogP contribution in [0.15, 0.2) is 39.7 Å². The summed E-state index contributed by atoms with van der Waals surface area (Å²) in [5.41, 5.74) is 8.56. The maximum atomic E-state index is 11.7. The molecule has 0 atom stereocenters. The number of nitrogens with two attached hydrogens (primary N) is 1. The summed E-state index contributed by atoms with van der Waals surface area (Å²) in [4.78, 5) is 21.2. The van der Waals surface area contributed by atoms with Gasteiger partial charge < -0.3 is 15.8 Å². The van der Waals surface area contributed by atoms with Crippen LogP contribution in [0.3, 0.4) is 0 Å². The summed E-state index contributed by atoms with van der Waals surface area (Å²) < 4.78 is 4.76. The third kappa shape index (κ3) is 2.44. The molecule has 0 saturated carbocycles. The van der Waals surface area contributed by atoms with Crippen molar-refractivity contribution in [3.05, 3.63) is 34.4 Å². The lowest BCUT2D eigenvalue weighted by Gasteiger charge is -2.13. The van der Waals surface area contributed by atoms with E-state index in [-0.39, 0.29) is 5.95 Å². The van der Waals surface area contributed by atoms with E-state index in [2.05, 4.69) is 25.5 Å². The first-order valence-corrected chi connectivity index (χ1v) is 7.90. The number of nitrogen functional groups attached to an aromatic ring is 1. The van der Waals surface area contributed by atoms with Crippen LogP contribution in [0.1, 0.15) is 16.1 Å². The quantitative estimate of drug-likeness (QED) is 0.827. The van der Waals surface area contributed by atoms with E-state index >= 15 is 0 Å². The zero-order chi connectivity index (χ0) is 16.7. The summed E-state index contributed by atoms with van der Waals surface area (Å²) in [6, 6.07) is 1.70. The molecule has 2 aromatic rings. The molecule has 0 unspecified atom stereocenters. The molecule has 0 aromatic carbocycles. The molecule has 0 amide bonds. The third-order valence-electron chi connectivity index (χ3n) is 3.59. The third-order valence-corrected chi connectivity index (χ3v) is 4.60. The maximum absolute atomic E-state index is 11.7.